The molecule has 4 nitrogen and oxygen atoms in total. The molecule has 0 fully saturated rings. The second-order valence-corrected chi connectivity index (χ2v) is 7.84. The maximum Gasteiger partial charge on any atom is 0.412 e. The molecule has 0 saturated heterocycles. The zero-order chi connectivity index (χ0) is 17.7. The van der Waals surface area contributed by atoms with E-state index in [1.807, 2.05) is 24.3 Å². The van der Waals surface area contributed by atoms with Crippen molar-refractivity contribution in [1.29, 1.82) is 0 Å². The summed E-state index contributed by atoms with van der Waals surface area (Å²) in [5.41, 5.74) is 1.06. The lowest BCUT2D eigenvalue weighted by atomic mass is 10.2. The molecule has 2 rings (SSSR count). The minimum atomic E-state index is -0.551. The topological polar surface area (TPSA) is 47.6 Å². The molecule has 6 heteroatoms. The first kappa shape index (κ1) is 18.9. The minimum absolute atomic E-state index is 0.425. The molecule has 0 aliphatic heterocycles. The van der Waals surface area contributed by atoms with Gasteiger partial charge in [-0.1, -0.05) is 23.7 Å². The first-order valence-electron chi connectivity index (χ1n) is 7.40. The first-order valence-corrected chi connectivity index (χ1v) is 8.85. The summed E-state index contributed by atoms with van der Waals surface area (Å²) in [4.78, 5) is 11.8. The molecule has 1 amide bonds. The lowest BCUT2D eigenvalue weighted by Gasteiger charge is -2.19. The first-order chi connectivity index (χ1) is 11.2. The van der Waals surface area contributed by atoms with Gasteiger partial charge in [-0.05, 0) is 79.3 Å². The van der Waals surface area contributed by atoms with Crippen LogP contribution in [0.1, 0.15) is 26.3 Å². The molecule has 0 saturated carbocycles. The third kappa shape index (κ3) is 6.20. The molecule has 24 heavy (non-hydrogen) atoms. The number of hydrogen-bond acceptors (Lipinski definition) is 3. The van der Waals surface area contributed by atoms with Crippen molar-refractivity contribution in [2.24, 2.45) is 0 Å². The number of carbonyl (C=O) groups excluding carboxylic acids is 1. The fraction of sp³-hybridized carbons (Fsp3) is 0.278. The summed E-state index contributed by atoms with van der Waals surface area (Å²) in [6, 6.07) is 13.1. The van der Waals surface area contributed by atoms with Gasteiger partial charge in [0.2, 0.25) is 0 Å². The molecule has 0 aromatic heterocycles. The molecule has 128 valence electrons. The summed E-state index contributed by atoms with van der Waals surface area (Å²) in [7, 11) is 0. The number of halogens is 2. The largest absolute Gasteiger partial charge is 0.487 e. The SMILES string of the molecule is CC(C)(C)OC(=O)Nc1ccc(OCc2cccc(I)c2)c(Cl)c1. The van der Waals surface area contributed by atoms with Gasteiger partial charge in [0.1, 0.15) is 18.0 Å². The predicted octanol–water partition coefficient (Wildman–Crippen LogP) is 5.87. The number of amides is 1. The number of ether oxygens (including phenoxy) is 2. The van der Waals surface area contributed by atoms with E-state index in [9.17, 15) is 4.79 Å². The predicted molar refractivity (Wildman–Crippen MR) is 105 cm³/mol. The van der Waals surface area contributed by atoms with Gasteiger partial charge in [0.25, 0.3) is 0 Å². The van der Waals surface area contributed by atoms with Crippen molar-refractivity contribution in [1.82, 2.24) is 0 Å². The van der Waals surface area contributed by atoms with Gasteiger partial charge in [-0.2, -0.15) is 0 Å². The van der Waals surface area contributed by atoms with E-state index < -0.39 is 11.7 Å². The molecule has 2 aromatic carbocycles. The maximum absolute atomic E-state index is 11.8. The zero-order valence-electron chi connectivity index (χ0n) is 13.7. The van der Waals surface area contributed by atoms with E-state index in [0.717, 1.165) is 9.13 Å². The molecular formula is C18H19ClINO3. The Morgan fingerprint density at radius 3 is 2.58 bits per heavy atom. The minimum Gasteiger partial charge on any atom is -0.487 e. The Hall–Kier alpha value is -1.47. The van der Waals surface area contributed by atoms with Crippen LogP contribution in [0.5, 0.6) is 5.75 Å². The van der Waals surface area contributed by atoms with E-state index >= 15 is 0 Å². The van der Waals surface area contributed by atoms with Crippen LogP contribution in [0.25, 0.3) is 0 Å². The molecule has 0 aliphatic carbocycles. The number of nitrogens with one attached hydrogen (secondary N) is 1. The van der Waals surface area contributed by atoms with Crippen molar-refractivity contribution in [3.8, 4) is 5.75 Å². The van der Waals surface area contributed by atoms with E-state index in [2.05, 4.69) is 27.9 Å². The molecule has 0 bridgehead atoms. The van der Waals surface area contributed by atoms with E-state index in [0.29, 0.717) is 23.1 Å². The smallest absolute Gasteiger partial charge is 0.412 e. The van der Waals surface area contributed by atoms with Crippen molar-refractivity contribution < 1.29 is 14.3 Å². The Kier molecular flexibility index (Phi) is 6.34. The summed E-state index contributed by atoms with van der Waals surface area (Å²) in [6.07, 6.45) is -0.522. The normalized spacial score (nSPS) is 11.0. The maximum atomic E-state index is 11.8. The fourth-order valence-electron chi connectivity index (χ4n) is 1.90. The summed E-state index contributed by atoms with van der Waals surface area (Å²) >= 11 is 8.48. The van der Waals surface area contributed by atoms with Crippen molar-refractivity contribution in [2.75, 3.05) is 5.32 Å². The van der Waals surface area contributed by atoms with Crippen LogP contribution in [0.3, 0.4) is 0 Å². The van der Waals surface area contributed by atoms with E-state index in [4.69, 9.17) is 21.1 Å². The Labute approximate surface area is 160 Å². The van der Waals surface area contributed by atoms with Crippen molar-refractivity contribution >= 4 is 46.0 Å². The lowest BCUT2D eigenvalue weighted by Crippen LogP contribution is -2.27. The molecule has 0 spiro atoms. The third-order valence-corrected chi connectivity index (χ3v) is 3.83. The van der Waals surface area contributed by atoms with Crippen LogP contribution >= 0.6 is 34.2 Å². The number of benzene rings is 2. The van der Waals surface area contributed by atoms with Gasteiger partial charge in [0.15, 0.2) is 0 Å². The highest BCUT2D eigenvalue weighted by Gasteiger charge is 2.16. The average molecular weight is 460 g/mol. The van der Waals surface area contributed by atoms with Crippen LogP contribution < -0.4 is 10.1 Å². The second kappa shape index (κ2) is 8.07. The highest BCUT2D eigenvalue weighted by atomic mass is 127. The Morgan fingerprint density at radius 1 is 1.21 bits per heavy atom. The lowest BCUT2D eigenvalue weighted by molar-refractivity contribution is 0.0636. The number of carbonyl (C=O) groups is 1. The number of rotatable bonds is 4. The van der Waals surface area contributed by atoms with Gasteiger partial charge in [-0.3, -0.25) is 5.32 Å². The van der Waals surface area contributed by atoms with Gasteiger partial charge >= 0.3 is 6.09 Å². The second-order valence-electron chi connectivity index (χ2n) is 6.19. The molecule has 0 heterocycles. The van der Waals surface area contributed by atoms with E-state index in [-0.39, 0.29) is 0 Å². The fourth-order valence-corrected chi connectivity index (χ4v) is 2.75. The summed E-state index contributed by atoms with van der Waals surface area (Å²) in [6.45, 7) is 5.85. The van der Waals surface area contributed by atoms with Crippen LogP contribution in [0.2, 0.25) is 5.02 Å². The highest BCUT2D eigenvalue weighted by molar-refractivity contribution is 14.1. The average Bonchev–Trinajstić information content (AvgIpc) is 2.44. The number of hydrogen-bond donors (Lipinski definition) is 1. The van der Waals surface area contributed by atoms with Crippen molar-refractivity contribution in [3.63, 3.8) is 0 Å². The molecule has 0 atom stereocenters. The van der Waals surface area contributed by atoms with Crippen LogP contribution in [-0.2, 0) is 11.3 Å². The van der Waals surface area contributed by atoms with Crippen LogP contribution in [-0.4, -0.2) is 11.7 Å². The molecule has 0 aliphatic rings. The highest BCUT2D eigenvalue weighted by Crippen LogP contribution is 2.28. The molecule has 0 radical (unpaired) electrons. The van der Waals surface area contributed by atoms with Crippen molar-refractivity contribution in [2.45, 2.75) is 33.0 Å². The Bertz CT molecular complexity index is 728. The van der Waals surface area contributed by atoms with Gasteiger partial charge < -0.3 is 9.47 Å². The number of anilines is 1. The van der Waals surface area contributed by atoms with E-state index in [1.165, 1.54) is 0 Å². The monoisotopic (exact) mass is 459 g/mol. The van der Waals surface area contributed by atoms with Gasteiger partial charge in [0, 0.05) is 9.26 Å². The summed E-state index contributed by atoms with van der Waals surface area (Å²) in [5, 5.41) is 3.07. The van der Waals surface area contributed by atoms with E-state index in [1.54, 1.807) is 39.0 Å². The van der Waals surface area contributed by atoms with Crippen LogP contribution in [0.4, 0.5) is 10.5 Å². The Morgan fingerprint density at radius 2 is 1.96 bits per heavy atom. The van der Waals surface area contributed by atoms with Gasteiger partial charge in [-0.25, -0.2) is 4.79 Å². The van der Waals surface area contributed by atoms with Crippen LogP contribution in [0, 0.1) is 3.57 Å². The molecule has 1 N–H and O–H groups in total. The Balaban J connectivity index is 1.98. The third-order valence-electron chi connectivity index (χ3n) is 2.86. The molecular weight excluding hydrogens is 441 g/mol. The van der Waals surface area contributed by atoms with Crippen molar-refractivity contribution in [3.05, 3.63) is 56.6 Å². The summed E-state index contributed by atoms with van der Waals surface area (Å²) < 4.78 is 12.1. The quantitative estimate of drug-likeness (QED) is 0.582. The molecule has 2 aromatic rings. The standard InChI is InChI=1S/C18H19ClINO3/c1-18(2,3)24-17(22)21-14-7-8-16(15(19)10-14)23-11-12-5-4-6-13(20)9-12/h4-10H,11H2,1-3H3,(H,21,22). The molecule has 0 unspecified atom stereocenters. The van der Waals surface area contributed by atoms with Gasteiger partial charge in [0.05, 0.1) is 5.02 Å². The summed E-state index contributed by atoms with van der Waals surface area (Å²) in [5.74, 6) is 0.560. The van der Waals surface area contributed by atoms with Gasteiger partial charge in [-0.15, -0.1) is 0 Å². The zero-order valence-corrected chi connectivity index (χ0v) is 16.6. The van der Waals surface area contributed by atoms with Crippen LogP contribution in [0.15, 0.2) is 42.5 Å².